The molecule has 116 valence electrons. The summed E-state index contributed by atoms with van der Waals surface area (Å²) in [4.78, 5) is 24.0. The van der Waals surface area contributed by atoms with Crippen LogP contribution in [0.15, 0.2) is 39.5 Å². The fourth-order valence-electron chi connectivity index (χ4n) is 2.35. The first-order chi connectivity index (χ1) is 11.1. The number of nitrogens with one attached hydrogen (secondary N) is 1. The van der Waals surface area contributed by atoms with Crippen LogP contribution in [0.2, 0.25) is 0 Å². The molecule has 2 heterocycles. The van der Waals surface area contributed by atoms with E-state index < -0.39 is 6.04 Å². The first-order valence-electron chi connectivity index (χ1n) is 6.90. The summed E-state index contributed by atoms with van der Waals surface area (Å²) < 4.78 is 6.59. The lowest BCUT2D eigenvalue weighted by Gasteiger charge is -2.04. The molecule has 0 radical (unpaired) electrons. The van der Waals surface area contributed by atoms with E-state index in [1.54, 1.807) is 24.5 Å². The third-order valence-electron chi connectivity index (χ3n) is 3.57. The zero-order chi connectivity index (χ0) is 16.4. The maximum Gasteiger partial charge on any atom is 0.419 e. The molecule has 0 fully saturated rings. The standard InChI is InChI=1S/C16H13N3O3S/c1-19-13-6-10(2-4-14(13)22-16(19)21)15-5-3-12(23-15)7-11(8-17)18-9-20/h2-6,9,11H,7H2,1H3,(H,18,20)/t11-/m0/s1. The molecular formula is C16H13N3O3S. The van der Waals surface area contributed by atoms with Gasteiger partial charge in [0, 0.05) is 23.2 Å². The molecule has 3 aromatic rings. The summed E-state index contributed by atoms with van der Waals surface area (Å²) in [6.45, 7) is 0. The Morgan fingerprint density at radius 2 is 2.26 bits per heavy atom. The van der Waals surface area contributed by atoms with E-state index in [4.69, 9.17) is 9.68 Å². The second-order valence-electron chi connectivity index (χ2n) is 5.05. The number of benzene rings is 1. The SMILES string of the molecule is Cn1c(=O)oc2ccc(-c3ccc(C[C@@H](C#N)NC=O)s3)cc21. The lowest BCUT2D eigenvalue weighted by atomic mass is 10.1. The van der Waals surface area contributed by atoms with Crippen LogP contribution in [0.5, 0.6) is 0 Å². The summed E-state index contributed by atoms with van der Waals surface area (Å²) in [6.07, 6.45) is 1.00. The van der Waals surface area contributed by atoms with Crippen molar-refractivity contribution in [2.45, 2.75) is 12.5 Å². The Morgan fingerprint density at radius 3 is 3.00 bits per heavy atom. The molecule has 1 atom stereocenters. The zero-order valence-corrected chi connectivity index (χ0v) is 13.1. The topological polar surface area (TPSA) is 88.0 Å². The fraction of sp³-hybridized carbons (Fsp3) is 0.188. The van der Waals surface area contributed by atoms with E-state index in [9.17, 15) is 9.59 Å². The zero-order valence-electron chi connectivity index (χ0n) is 12.3. The van der Waals surface area contributed by atoms with Crippen molar-refractivity contribution in [1.82, 2.24) is 9.88 Å². The molecule has 0 spiro atoms. The van der Waals surface area contributed by atoms with E-state index in [0.29, 0.717) is 18.4 Å². The Labute approximate surface area is 135 Å². The van der Waals surface area contributed by atoms with Crippen LogP contribution in [0.25, 0.3) is 21.5 Å². The van der Waals surface area contributed by atoms with Gasteiger partial charge in [-0.25, -0.2) is 4.79 Å². The number of amides is 1. The number of thiophene rings is 1. The van der Waals surface area contributed by atoms with Crippen molar-refractivity contribution in [2.24, 2.45) is 7.05 Å². The molecule has 0 saturated heterocycles. The van der Waals surface area contributed by atoms with E-state index >= 15 is 0 Å². The number of nitriles is 1. The number of nitrogens with zero attached hydrogens (tertiary/aromatic N) is 2. The molecule has 1 aromatic carbocycles. The van der Waals surface area contributed by atoms with Crippen LogP contribution in [0.1, 0.15) is 4.88 Å². The monoisotopic (exact) mass is 327 g/mol. The molecule has 1 N–H and O–H groups in total. The van der Waals surface area contributed by atoms with Crippen molar-refractivity contribution in [2.75, 3.05) is 0 Å². The molecule has 0 saturated carbocycles. The molecule has 0 unspecified atom stereocenters. The molecule has 7 heteroatoms. The Balaban J connectivity index is 1.91. The second kappa shape index (κ2) is 6.10. The van der Waals surface area contributed by atoms with Crippen LogP contribution in [0, 0.1) is 11.3 Å². The van der Waals surface area contributed by atoms with E-state index in [1.165, 1.54) is 4.57 Å². The van der Waals surface area contributed by atoms with Crippen molar-refractivity contribution >= 4 is 28.8 Å². The van der Waals surface area contributed by atoms with Gasteiger partial charge in [-0.2, -0.15) is 5.26 Å². The van der Waals surface area contributed by atoms with Gasteiger partial charge >= 0.3 is 5.76 Å². The molecular weight excluding hydrogens is 314 g/mol. The van der Waals surface area contributed by atoms with Gasteiger partial charge in [-0.15, -0.1) is 11.3 Å². The highest BCUT2D eigenvalue weighted by Crippen LogP contribution is 2.30. The summed E-state index contributed by atoms with van der Waals surface area (Å²) in [6, 6.07) is 11.0. The van der Waals surface area contributed by atoms with Crippen LogP contribution >= 0.6 is 11.3 Å². The average molecular weight is 327 g/mol. The van der Waals surface area contributed by atoms with Crippen LogP contribution < -0.4 is 11.1 Å². The lowest BCUT2D eigenvalue weighted by molar-refractivity contribution is -0.109. The van der Waals surface area contributed by atoms with Crippen molar-refractivity contribution in [3.8, 4) is 16.5 Å². The van der Waals surface area contributed by atoms with Gasteiger partial charge in [0.25, 0.3) is 0 Å². The summed E-state index contributed by atoms with van der Waals surface area (Å²) >= 11 is 1.55. The number of fused-ring (bicyclic) bond motifs is 1. The molecule has 0 aliphatic carbocycles. The Hall–Kier alpha value is -2.85. The number of rotatable bonds is 5. The van der Waals surface area contributed by atoms with Crippen molar-refractivity contribution in [1.29, 1.82) is 5.26 Å². The van der Waals surface area contributed by atoms with Gasteiger partial charge < -0.3 is 9.73 Å². The van der Waals surface area contributed by atoms with E-state index in [0.717, 1.165) is 20.8 Å². The van der Waals surface area contributed by atoms with Gasteiger partial charge in [0.15, 0.2) is 5.58 Å². The van der Waals surface area contributed by atoms with Gasteiger partial charge in [0.1, 0.15) is 6.04 Å². The van der Waals surface area contributed by atoms with Crippen molar-refractivity contribution in [3.05, 3.63) is 45.8 Å². The highest BCUT2D eigenvalue weighted by Gasteiger charge is 2.12. The number of aryl methyl sites for hydroxylation is 1. The minimum absolute atomic E-state index is 0.388. The summed E-state index contributed by atoms with van der Waals surface area (Å²) in [5.41, 5.74) is 2.26. The third-order valence-corrected chi connectivity index (χ3v) is 4.72. The predicted octanol–water partition coefficient (Wildman–Crippen LogP) is 2.04. The summed E-state index contributed by atoms with van der Waals surface area (Å²) in [5, 5.41) is 11.5. The molecule has 2 aromatic heterocycles. The van der Waals surface area contributed by atoms with Crippen molar-refractivity contribution < 1.29 is 9.21 Å². The summed E-state index contributed by atoms with van der Waals surface area (Å²) in [5.74, 6) is -0.388. The van der Waals surface area contributed by atoms with Gasteiger partial charge in [-0.3, -0.25) is 9.36 Å². The highest BCUT2D eigenvalue weighted by molar-refractivity contribution is 7.15. The molecule has 3 rings (SSSR count). The van der Waals surface area contributed by atoms with Gasteiger partial charge in [-0.05, 0) is 35.9 Å². The molecule has 23 heavy (non-hydrogen) atoms. The van der Waals surface area contributed by atoms with E-state index in [-0.39, 0.29) is 5.76 Å². The average Bonchev–Trinajstić information content (AvgIpc) is 3.12. The number of aromatic nitrogens is 1. The van der Waals surface area contributed by atoms with Gasteiger partial charge in [-0.1, -0.05) is 0 Å². The molecule has 0 bridgehead atoms. The first kappa shape index (κ1) is 15.1. The predicted molar refractivity (Wildman–Crippen MR) is 87.1 cm³/mol. The normalized spacial score (nSPS) is 12.0. The number of carbonyl (C=O) groups excluding carboxylic acids is 1. The van der Waals surface area contributed by atoms with Crippen LogP contribution in [-0.4, -0.2) is 17.0 Å². The second-order valence-corrected chi connectivity index (χ2v) is 6.21. The maximum absolute atomic E-state index is 11.5. The van der Waals surface area contributed by atoms with E-state index in [1.807, 2.05) is 30.3 Å². The number of oxazole rings is 1. The minimum atomic E-state index is -0.531. The lowest BCUT2D eigenvalue weighted by Crippen LogP contribution is -2.27. The number of hydrogen-bond donors (Lipinski definition) is 1. The fourth-order valence-corrected chi connectivity index (χ4v) is 3.40. The Morgan fingerprint density at radius 1 is 1.43 bits per heavy atom. The quantitative estimate of drug-likeness (QED) is 0.726. The molecule has 1 amide bonds. The molecule has 6 nitrogen and oxygen atoms in total. The Kier molecular flexibility index (Phi) is 4.00. The summed E-state index contributed by atoms with van der Waals surface area (Å²) in [7, 11) is 1.67. The first-order valence-corrected chi connectivity index (χ1v) is 7.72. The van der Waals surface area contributed by atoms with Crippen molar-refractivity contribution in [3.63, 3.8) is 0 Å². The smallest absolute Gasteiger partial charge is 0.408 e. The van der Waals surface area contributed by atoms with Crippen LogP contribution in [-0.2, 0) is 18.3 Å². The van der Waals surface area contributed by atoms with Gasteiger partial charge in [0.05, 0.1) is 11.6 Å². The van der Waals surface area contributed by atoms with Gasteiger partial charge in [0.2, 0.25) is 6.41 Å². The number of hydrogen-bond acceptors (Lipinski definition) is 5. The largest absolute Gasteiger partial charge is 0.419 e. The Bertz CT molecular complexity index is 961. The maximum atomic E-state index is 11.5. The van der Waals surface area contributed by atoms with Crippen LogP contribution in [0.3, 0.4) is 0 Å². The number of carbonyl (C=O) groups is 1. The highest BCUT2D eigenvalue weighted by atomic mass is 32.1. The molecule has 0 aliphatic rings. The minimum Gasteiger partial charge on any atom is -0.408 e. The van der Waals surface area contributed by atoms with Crippen LogP contribution in [0.4, 0.5) is 0 Å². The molecule has 0 aliphatic heterocycles. The third kappa shape index (κ3) is 2.89. The van der Waals surface area contributed by atoms with E-state index in [2.05, 4.69) is 5.32 Å².